The molecule has 0 saturated heterocycles. The zero-order valence-corrected chi connectivity index (χ0v) is 20.3. The number of alkyl halides is 3. The van der Waals surface area contributed by atoms with Crippen LogP contribution in [0.25, 0.3) is 0 Å². The number of aromatic nitrogens is 1. The summed E-state index contributed by atoms with van der Waals surface area (Å²) in [6.07, 6.45) is -3.74. The van der Waals surface area contributed by atoms with Gasteiger partial charge in [-0.3, -0.25) is 4.72 Å². The quantitative estimate of drug-likeness (QED) is 0.364. The molecule has 0 radical (unpaired) electrons. The van der Waals surface area contributed by atoms with E-state index in [1.54, 1.807) is 0 Å². The zero-order valence-electron chi connectivity index (χ0n) is 19.5. The molecule has 1 aromatic heterocycles. The molecule has 1 heterocycles. The standard InChI is InChI=1S/C22H23N3O4S.C2HF3O2/c1-2-30(28,29)24-19-13-20(22(26)27)21(23-14-19)25(15-17-9-5-3-6-10-17)16-18-11-7-4-8-12-18;3-2(4,5)1(6)7/h3-14,24H,2,15-16H2,1H3,(H,26,27);(H,6,7). The molecule has 3 rings (SSSR count). The van der Waals surface area contributed by atoms with E-state index >= 15 is 0 Å². The SMILES string of the molecule is CCS(=O)(=O)Nc1cnc(N(Cc2ccccc2)Cc2ccccc2)c(C(=O)O)c1.O=C(O)C(F)(F)F. The number of pyridine rings is 1. The Morgan fingerprint density at radius 3 is 1.78 bits per heavy atom. The molecule has 0 spiro atoms. The van der Waals surface area contributed by atoms with Crippen molar-refractivity contribution in [3.8, 4) is 0 Å². The Bertz CT molecular complexity index is 1260. The number of aromatic carboxylic acids is 1. The maximum absolute atomic E-state index is 12.0. The molecular formula is C24H24F3N3O6S. The smallest absolute Gasteiger partial charge is 0.478 e. The summed E-state index contributed by atoms with van der Waals surface area (Å²) in [7, 11) is -3.54. The van der Waals surface area contributed by atoms with Crippen molar-refractivity contribution >= 4 is 33.5 Å². The predicted octanol–water partition coefficient (Wildman–Crippen LogP) is 4.38. The van der Waals surface area contributed by atoms with Gasteiger partial charge in [-0.2, -0.15) is 13.2 Å². The summed E-state index contributed by atoms with van der Waals surface area (Å²) >= 11 is 0. The summed E-state index contributed by atoms with van der Waals surface area (Å²) < 4.78 is 57.8. The molecule has 0 aliphatic rings. The highest BCUT2D eigenvalue weighted by atomic mass is 32.2. The Labute approximate surface area is 211 Å². The second-order valence-corrected chi connectivity index (χ2v) is 9.55. The van der Waals surface area contributed by atoms with Gasteiger partial charge in [-0.15, -0.1) is 0 Å². The van der Waals surface area contributed by atoms with E-state index < -0.39 is 28.1 Å². The number of carbonyl (C=O) groups is 2. The third-order valence-corrected chi connectivity index (χ3v) is 6.03. The molecule has 0 aliphatic carbocycles. The van der Waals surface area contributed by atoms with E-state index in [0.29, 0.717) is 13.1 Å². The van der Waals surface area contributed by atoms with Crippen LogP contribution in [0.3, 0.4) is 0 Å². The number of hydrogen-bond donors (Lipinski definition) is 3. The van der Waals surface area contributed by atoms with Crippen LogP contribution in [0.2, 0.25) is 0 Å². The summed E-state index contributed by atoms with van der Waals surface area (Å²) in [4.78, 5) is 27.1. The van der Waals surface area contributed by atoms with Crippen molar-refractivity contribution in [1.29, 1.82) is 0 Å². The van der Waals surface area contributed by atoms with E-state index in [4.69, 9.17) is 9.90 Å². The summed E-state index contributed by atoms with van der Waals surface area (Å²) in [5, 5.41) is 16.9. The van der Waals surface area contributed by atoms with Crippen LogP contribution in [0.5, 0.6) is 0 Å². The lowest BCUT2D eigenvalue weighted by atomic mass is 10.1. The first-order valence-corrected chi connectivity index (χ1v) is 12.3. The van der Waals surface area contributed by atoms with Gasteiger partial charge < -0.3 is 15.1 Å². The van der Waals surface area contributed by atoms with Crippen LogP contribution in [-0.2, 0) is 27.9 Å². The minimum absolute atomic E-state index is 0.0711. The average molecular weight is 540 g/mol. The van der Waals surface area contributed by atoms with E-state index in [-0.39, 0.29) is 22.8 Å². The summed E-state index contributed by atoms with van der Waals surface area (Å²) in [6.45, 7) is 2.40. The minimum atomic E-state index is -5.08. The Morgan fingerprint density at radius 2 is 1.41 bits per heavy atom. The van der Waals surface area contributed by atoms with Gasteiger partial charge in [0.1, 0.15) is 11.4 Å². The van der Waals surface area contributed by atoms with Gasteiger partial charge in [0, 0.05) is 13.1 Å². The number of aliphatic carboxylic acids is 1. The lowest BCUT2D eigenvalue weighted by Gasteiger charge is -2.26. The molecule has 0 unspecified atom stereocenters. The predicted molar refractivity (Wildman–Crippen MR) is 131 cm³/mol. The first-order valence-electron chi connectivity index (χ1n) is 10.7. The number of nitrogens with one attached hydrogen (secondary N) is 1. The zero-order chi connectivity index (χ0) is 27.6. The van der Waals surface area contributed by atoms with Crippen molar-refractivity contribution in [3.63, 3.8) is 0 Å². The molecule has 0 bridgehead atoms. The third kappa shape index (κ3) is 9.44. The highest BCUT2D eigenvalue weighted by molar-refractivity contribution is 7.92. The van der Waals surface area contributed by atoms with Gasteiger partial charge in [0.2, 0.25) is 10.0 Å². The maximum Gasteiger partial charge on any atom is 0.490 e. The molecule has 3 N–H and O–H groups in total. The van der Waals surface area contributed by atoms with Crippen LogP contribution in [0.1, 0.15) is 28.4 Å². The largest absolute Gasteiger partial charge is 0.490 e. The van der Waals surface area contributed by atoms with E-state index in [0.717, 1.165) is 11.1 Å². The Hall–Kier alpha value is -4.13. The number of carboxylic acids is 2. The second-order valence-electron chi connectivity index (χ2n) is 7.54. The van der Waals surface area contributed by atoms with Crippen LogP contribution in [0.4, 0.5) is 24.7 Å². The van der Waals surface area contributed by atoms with Gasteiger partial charge in [-0.1, -0.05) is 60.7 Å². The molecule has 0 fully saturated rings. The van der Waals surface area contributed by atoms with Crippen LogP contribution in [-0.4, -0.2) is 47.5 Å². The fourth-order valence-electron chi connectivity index (χ4n) is 2.99. The maximum atomic E-state index is 12.0. The lowest BCUT2D eigenvalue weighted by molar-refractivity contribution is -0.192. The molecule has 0 atom stereocenters. The van der Waals surface area contributed by atoms with E-state index in [1.807, 2.05) is 65.6 Å². The lowest BCUT2D eigenvalue weighted by Crippen LogP contribution is -2.26. The Morgan fingerprint density at radius 1 is 0.946 bits per heavy atom. The van der Waals surface area contributed by atoms with Crippen molar-refractivity contribution in [3.05, 3.63) is 89.6 Å². The number of sulfonamides is 1. The van der Waals surface area contributed by atoms with Crippen molar-refractivity contribution in [2.24, 2.45) is 0 Å². The number of nitrogens with zero attached hydrogens (tertiary/aromatic N) is 2. The first kappa shape index (κ1) is 29.1. The summed E-state index contributed by atoms with van der Waals surface area (Å²) in [5.41, 5.74) is 2.06. The van der Waals surface area contributed by atoms with Gasteiger partial charge >= 0.3 is 18.1 Å². The van der Waals surface area contributed by atoms with Gasteiger partial charge in [0.25, 0.3) is 0 Å². The Balaban J connectivity index is 0.000000604. The van der Waals surface area contributed by atoms with Crippen molar-refractivity contribution in [1.82, 2.24) is 4.98 Å². The summed E-state index contributed by atoms with van der Waals surface area (Å²) in [6, 6.07) is 20.7. The van der Waals surface area contributed by atoms with Crippen molar-refractivity contribution in [2.45, 2.75) is 26.2 Å². The molecule has 0 amide bonds. The molecule has 0 saturated carbocycles. The van der Waals surface area contributed by atoms with Gasteiger partial charge in [-0.25, -0.2) is 23.0 Å². The average Bonchev–Trinajstić information content (AvgIpc) is 2.84. The summed E-state index contributed by atoms with van der Waals surface area (Å²) in [5.74, 6) is -3.78. The van der Waals surface area contributed by atoms with E-state index in [1.165, 1.54) is 19.2 Å². The van der Waals surface area contributed by atoms with Crippen LogP contribution < -0.4 is 9.62 Å². The van der Waals surface area contributed by atoms with Crippen LogP contribution in [0, 0.1) is 0 Å². The number of rotatable bonds is 9. The number of carboxylic acid groups (broad SMARTS) is 2. The van der Waals surface area contributed by atoms with Crippen molar-refractivity contribution in [2.75, 3.05) is 15.4 Å². The molecule has 37 heavy (non-hydrogen) atoms. The molecular weight excluding hydrogens is 515 g/mol. The topological polar surface area (TPSA) is 137 Å². The fourth-order valence-corrected chi connectivity index (χ4v) is 3.60. The van der Waals surface area contributed by atoms with Gasteiger partial charge in [0.15, 0.2) is 0 Å². The second kappa shape index (κ2) is 12.7. The van der Waals surface area contributed by atoms with Crippen molar-refractivity contribution < 1.29 is 41.4 Å². The van der Waals surface area contributed by atoms with E-state index in [9.17, 15) is 31.5 Å². The minimum Gasteiger partial charge on any atom is -0.478 e. The number of hydrogen-bond acceptors (Lipinski definition) is 6. The number of halogens is 3. The third-order valence-electron chi connectivity index (χ3n) is 4.73. The first-order chi connectivity index (χ1) is 17.3. The molecule has 13 heteroatoms. The molecule has 9 nitrogen and oxygen atoms in total. The highest BCUT2D eigenvalue weighted by Crippen LogP contribution is 2.25. The molecule has 0 aliphatic heterocycles. The van der Waals surface area contributed by atoms with Crippen LogP contribution in [0.15, 0.2) is 72.9 Å². The van der Waals surface area contributed by atoms with E-state index in [2.05, 4.69) is 9.71 Å². The number of benzene rings is 2. The molecule has 2 aromatic carbocycles. The molecule has 198 valence electrons. The normalized spacial score (nSPS) is 11.1. The van der Waals surface area contributed by atoms with Gasteiger partial charge in [-0.05, 0) is 24.1 Å². The highest BCUT2D eigenvalue weighted by Gasteiger charge is 2.38. The number of anilines is 2. The van der Waals surface area contributed by atoms with Gasteiger partial charge in [0.05, 0.1) is 17.6 Å². The van der Waals surface area contributed by atoms with Crippen LogP contribution >= 0.6 is 0 Å². The molecule has 3 aromatic rings. The fraction of sp³-hybridized carbons (Fsp3) is 0.208. The Kier molecular flexibility index (Phi) is 10.0. The monoisotopic (exact) mass is 539 g/mol.